The molecule has 0 unspecified atom stereocenters. The maximum absolute atomic E-state index is 12.6. The van der Waals surface area contributed by atoms with Crippen LogP contribution >= 0.6 is 22.9 Å². The molecular weight excluding hydrogens is 301 g/mol. The first-order chi connectivity index (χ1) is 8.86. The number of alkyl halides is 3. The van der Waals surface area contributed by atoms with E-state index >= 15 is 0 Å². The largest absolute Gasteiger partial charge is 0.418 e. The van der Waals surface area contributed by atoms with Gasteiger partial charge in [0.15, 0.2) is 5.13 Å². The summed E-state index contributed by atoms with van der Waals surface area (Å²) < 4.78 is 37.9. The Hall–Kier alpha value is -1.54. The van der Waals surface area contributed by atoms with E-state index in [2.05, 4.69) is 15.3 Å². The number of nitrogen functional groups attached to an aromatic ring is 1. The van der Waals surface area contributed by atoms with Crippen molar-refractivity contribution in [3.05, 3.63) is 33.9 Å². The van der Waals surface area contributed by atoms with Crippen molar-refractivity contribution < 1.29 is 13.2 Å². The van der Waals surface area contributed by atoms with Gasteiger partial charge in [-0.15, -0.1) is 11.3 Å². The number of nitrogens with zero attached hydrogens (tertiary/aromatic N) is 2. The molecule has 2 aromatic rings. The van der Waals surface area contributed by atoms with Crippen molar-refractivity contribution in [2.24, 2.45) is 0 Å². The molecule has 0 bridgehead atoms. The minimum absolute atomic E-state index is 0.0868. The molecule has 9 heteroatoms. The summed E-state index contributed by atoms with van der Waals surface area (Å²) in [6, 6.07) is 0.868. The number of hydrogen-bond donors (Lipinski definition) is 2. The van der Waals surface area contributed by atoms with E-state index in [1.54, 1.807) is 6.20 Å². The SMILES string of the molecule is Nc1ncc(CNc2cc(C(F)(F)F)c(Cl)cn2)s1. The predicted molar refractivity (Wildman–Crippen MR) is 68.1 cm³/mol. The average molecular weight is 309 g/mol. The number of thiazole rings is 1. The van der Waals surface area contributed by atoms with Gasteiger partial charge in [0.05, 0.1) is 17.1 Å². The molecule has 2 aromatic heterocycles. The first kappa shape index (κ1) is 13.9. The van der Waals surface area contributed by atoms with Crippen molar-refractivity contribution in [1.29, 1.82) is 0 Å². The van der Waals surface area contributed by atoms with Crippen LogP contribution < -0.4 is 11.1 Å². The fraction of sp³-hybridized carbons (Fsp3) is 0.200. The smallest absolute Gasteiger partial charge is 0.375 e. The van der Waals surface area contributed by atoms with E-state index < -0.39 is 16.8 Å². The van der Waals surface area contributed by atoms with Crippen molar-refractivity contribution in [3.8, 4) is 0 Å². The number of anilines is 2. The Morgan fingerprint density at radius 3 is 2.63 bits per heavy atom. The normalized spacial score (nSPS) is 11.6. The Labute approximate surface area is 115 Å². The Bertz CT molecular complexity index is 584. The number of aromatic nitrogens is 2. The van der Waals surface area contributed by atoms with E-state index in [1.165, 1.54) is 11.3 Å². The molecule has 0 fully saturated rings. The summed E-state index contributed by atoms with van der Waals surface area (Å²) >= 11 is 6.71. The molecule has 102 valence electrons. The minimum Gasteiger partial charge on any atom is -0.375 e. The van der Waals surface area contributed by atoms with Crippen molar-refractivity contribution in [1.82, 2.24) is 9.97 Å². The van der Waals surface area contributed by atoms with Crippen LogP contribution in [0.1, 0.15) is 10.4 Å². The Kier molecular flexibility index (Phi) is 3.81. The van der Waals surface area contributed by atoms with Gasteiger partial charge in [0, 0.05) is 17.3 Å². The Morgan fingerprint density at radius 2 is 2.05 bits per heavy atom. The van der Waals surface area contributed by atoms with Gasteiger partial charge in [0.2, 0.25) is 0 Å². The first-order valence-corrected chi connectivity index (χ1v) is 6.22. The second-order valence-corrected chi connectivity index (χ2v) is 5.12. The van der Waals surface area contributed by atoms with Gasteiger partial charge < -0.3 is 11.1 Å². The molecule has 0 saturated carbocycles. The maximum atomic E-state index is 12.6. The molecular formula is C10H8ClF3N4S. The molecule has 2 heterocycles. The van der Waals surface area contributed by atoms with E-state index in [-0.39, 0.29) is 5.82 Å². The summed E-state index contributed by atoms with van der Waals surface area (Å²) in [7, 11) is 0. The quantitative estimate of drug-likeness (QED) is 0.912. The third-order valence-corrected chi connectivity index (χ3v) is 3.30. The molecule has 0 saturated heterocycles. The zero-order valence-electron chi connectivity index (χ0n) is 9.33. The van der Waals surface area contributed by atoms with Gasteiger partial charge in [-0.2, -0.15) is 13.2 Å². The number of nitrogens with two attached hydrogens (primary N) is 1. The van der Waals surface area contributed by atoms with Crippen LogP contribution in [-0.2, 0) is 12.7 Å². The fourth-order valence-electron chi connectivity index (χ4n) is 1.33. The molecule has 0 aliphatic heterocycles. The molecule has 0 atom stereocenters. The lowest BCUT2D eigenvalue weighted by molar-refractivity contribution is -0.137. The van der Waals surface area contributed by atoms with Gasteiger partial charge in [-0.25, -0.2) is 9.97 Å². The molecule has 4 nitrogen and oxygen atoms in total. The lowest BCUT2D eigenvalue weighted by Gasteiger charge is -2.10. The van der Waals surface area contributed by atoms with E-state index in [0.29, 0.717) is 11.7 Å². The minimum atomic E-state index is -4.51. The third kappa shape index (κ3) is 3.48. The molecule has 0 aliphatic carbocycles. The molecule has 0 amide bonds. The van der Waals surface area contributed by atoms with E-state index in [4.69, 9.17) is 17.3 Å². The monoisotopic (exact) mass is 308 g/mol. The first-order valence-electron chi connectivity index (χ1n) is 5.03. The number of nitrogens with one attached hydrogen (secondary N) is 1. The van der Waals surface area contributed by atoms with Crippen LogP contribution in [0, 0.1) is 0 Å². The van der Waals surface area contributed by atoms with Crippen LogP contribution in [0.25, 0.3) is 0 Å². The van der Waals surface area contributed by atoms with Gasteiger partial charge in [-0.05, 0) is 6.07 Å². The van der Waals surface area contributed by atoms with Crippen molar-refractivity contribution in [3.63, 3.8) is 0 Å². The second-order valence-electron chi connectivity index (χ2n) is 3.57. The van der Waals surface area contributed by atoms with E-state index in [1.807, 2.05) is 0 Å². The van der Waals surface area contributed by atoms with Crippen LogP contribution in [0.2, 0.25) is 5.02 Å². The fourth-order valence-corrected chi connectivity index (χ4v) is 2.17. The number of pyridine rings is 1. The van der Waals surface area contributed by atoms with Crippen LogP contribution in [0.4, 0.5) is 24.1 Å². The van der Waals surface area contributed by atoms with Crippen molar-refractivity contribution >= 4 is 33.9 Å². The van der Waals surface area contributed by atoms with Gasteiger partial charge in [0.1, 0.15) is 5.82 Å². The van der Waals surface area contributed by atoms with Gasteiger partial charge in [-0.3, -0.25) is 0 Å². The van der Waals surface area contributed by atoms with Crippen molar-refractivity contribution in [2.75, 3.05) is 11.1 Å². The summed E-state index contributed by atoms with van der Waals surface area (Å²) in [4.78, 5) is 8.41. The highest BCUT2D eigenvalue weighted by Crippen LogP contribution is 2.35. The summed E-state index contributed by atoms with van der Waals surface area (Å²) in [6.45, 7) is 0.292. The zero-order valence-corrected chi connectivity index (χ0v) is 10.9. The van der Waals surface area contributed by atoms with Crippen molar-refractivity contribution in [2.45, 2.75) is 12.7 Å². The predicted octanol–water partition coefficient (Wildman–Crippen LogP) is 3.40. The van der Waals surface area contributed by atoms with Gasteiger partial charge >= 0.3 is 6.18 Å². The maximum Gasteiger partial charge on any atom is 0.418 e. The average Bonchev–Trinajstić information content (AvgIpc) is 2.72. The highest BCUT2D eigenvalue weighted by molar-refractivity contribution is 7.15. The molecule has 2 rings (SSSR count). The van der Waals surface area contributed by atoms with Gasteiger partial charge in [-0.1, -0.05) is 11.6 Å². The van der Waals surface area contributed by atoms with Crippen LogP contribution in [0.3, 0.4) is 0 Å². The van der Waals surface area contributed by atoms with E-state index in [0.717, 1.165) is 17.1 Å². The van der Waals surface area contributed by atoms with Gasteiger partial charge in [0.25, 0.3) is 0 Å². The topological polar surface area (TPSA) is 63.8 Å². The molecule has 3 N–H and O–H groups in total. The lowest BCUT2D eigenvalue weighted by Crippen LogP contribution is -2.08. The summed E-state index contributed by atoms with van der Waals surface area (Å²) in [5.74, 6) is 0.0868. The van der Waals surface area contributed by atoms with Crippen LogP contribution in [0.15, 0.2) is 18.5 Å². The highest BCUT2D eigenvalue weighted by Gasteiger charge is 2.33. The summed E-state index contributed by atoms with van der Waals surface area (Å²) in [6.07, 6.45) is -1.99. The molecule has 0 radical (unpaired) electrons. The molecule has 19 heavy (non-hydrogen) atoms. The molecule has 0 spiro atoms. The number of halogens is 4. The van der Waals surface area contributed by atoms with Crippen LogP contribution in [-0.4, -0.2) is 9.97 Å². The summed E-state index contributed by atoms with van der Waals surface area (Å²) in [5, 5.41) is 2.73. The lowest BCUT2D eigenvalue weighted by atomic mass is 10.2. The third-order valence-electron chi connectivity index (χ3n) is 2.18. The second kappa shape index (κ2) is 5.22. The summed E-state index contributed by atoms with van der Waals surface area (Å²) in [5.41, 5.74) is 4.53. The molecule has 0 aromatic carbocycles. The zero-order chi connectivity index (χ0) is 14.0. The highest BCUT2D eigenvalue weighted by atomic mass is 35.5. The number of rotatable bonds is 3. The Balaban J connectivity index is 2.13. The Morgan fingerprint density at radius 1 is 1.32 bits per heavy atom. The standard InChI is InChI=1S/C10H8ClF3N4S/c11-7-4-17-8(1-6(7)10(12,13)14)16-2-5-3-18-9(15)19-5/h1,3-4H,2H2,(H2,15,18)(H,16,17). The molecule has 0 aliphatic rings. The van der Waals surface area contributed by atoms with E-state index in [9.17, 15) is 13.2 Å². The number of hydrogen-bond acceptors (Lipinski definition) is 5. The van der Waals surface area contributed by atoms with Crippen LogP contribution in [0.5, 0.6) is 0 Å².